The van der Waals surface area contributed by atoms with Crippen LogP contribution in [0.25, 0.3) is 17.1 Å². The highest BCUT2D eigenvalue weighted by molar-refractivity contribution is 5.95. The number of hydrazine groups is 1. The molecule has 0 atom stereocenters. The van der Waals surface area contributed by atoms with Gasteiger partial charge in [0.15, 0.2) is 0 Å². The van der Waals surface area contributed by atoms with Crippen LogP contribution in [0, 0.1) is 6.92 Å². The van der Waals surface area contributed by atoms with Gasteiger partial charge in [0.05, 0.1) is 5.69 Å². The molecule has 0 radical (unpaired) electrons. The van der Waals surface area contributed by atoms with Crippen LogP contribution in [-0.2, 0) is 11.3 Å². The Bertz CT molecular complexity index is 1170. The molecule has 4 rings (SSSR count). The Hall–Kier alpha value is -4.34. The van der Waals surface area contributed by atoms with Crippen molar-refractivity contribution in [1.29, 1.82) is 0 Å². The van der Waals surface area contributed by atoms with Crippen LogP contribution in [0.2, 0.25) is 0 Å². The first-order valence-corrected chi connectivity index (χ1v) is 9.13. The Morgan fingerprint density at radius 1 is 0.967 bits per heavy atom. The molecule has 0 spiro atoms. The van der Waals surface area contributed by atoms with E-state index < -0.39 is 11.8 Å². The molecule has 0 fully saturated rings. The molecule has 2 heterocycles. The molecule has 2 N–H and O–H groups in total. The molecule has 0 aliphatic rings. The second-order valence-corrected chi connectivity index (χ2v) is 6.44. The first kappa shape index (κ1) is 19.0. The van der Waals surface area contributed by atoms with E-state index in [9.17, 15) is 9.59 Å². The van der Waals surface area contributed by atoms with Gasteiger partial charge in [0.2, 0.25) is 5.82 Å². The van der Waals surface area contributed by atoms with Gasteiger partial charge < -0.3 is 0 Å². The topological polar surface area (TPSA) is 120 Å². The molecule has 2 amide bonds. The van der Waals surface area contributed by atoms with E-state index in [1.54, 1.807) is 35.1 Å². The minimum Gasteiger partial charge on any atom is -0.271 e. The third-order valence-corrected chi connectivity index (χ3v) is 4.29. The van der Waals surface area contributed by atoms with Crippen LogP contribution in [0.3, 0.4) is 0 Å². The smallest absolute Gasteiger partial charge is 0.269 e. The zero-order chi connectivity index (χ0) is 20.9. The third kappa shape index (κ3) is 4.22. The lowest BCUT2D eigenvalue weighted by Crippen LogP contribution is -2.43. The standard InChI is InChI=1S/C20H18N8O2/c1-14-11-12-21-28(14)17-9-7-16(8-10-17)20(30)24-22-18(29)13-27-25-19(23-26-27)15-5-3-2-4-6-15/h2-12H,13H2,1H3,(H,22,29)(H,24,30). The average molecular weight is 402 g/mol. The van der Waals surface area contributed by atoms with Gasteiger partial charge in [-0.25, -0.2) is 4.68 Å². The number of tetrazole rings is 1. The van der Waals surface area contributed by atoms with Crippen molar-refractivity contribution in [2.24, 2.45) is 0 Å². The monoisotopic (exact) mass is 402 g/mol. The molecule has 10 nitrogen and oxygen atoms in total. The maximum absolute atomic E-state index is 12.3. The molecule has 0 saturated carbocycles. The van der Waals surface area contributed by atoms with E-state index in [2.05, 4.69) is 31.4 Å². The van der Waals surface area contributed by atoms with Gasteiger partial charge in [0.25, 0.3) is 11.8 Å². The van der Waals surface area contributed by atoms with Gasteiger partial charge in [-0.15, -0.1) is 10.2 Å². The number of nitrogens with zero attached hydrogens (tertiary/aromatic N) is 6. The second kappa shape index (κ2) is 8.35. The highest BCUT2D eigenvalue weighted by Crippen LogP contribution is 2.12. The van der Waals surface area contributed by atoms with Crippen LogP contribution < -0.4 is 10.9 Å². The van der Waals surface area contributed by atoms with Gasteiger partial charge in [-0.2, -0.15) is 9.90 Å². The molecule has 2 aromatic carbocycles. The van der Waals surface area contributed by atoms with E-state index in [0.717, 1.165) is 21.7 Å². The maximum Gasteiger partial charge on any atom is 0.269 e. The average Bonchev–Trinajstić information content (AvgIpc) is 3.42. The minimum atomic E-state index is -0.482. The van der Waals surface area contributed by atoms with Crippen molar-refractivity contribution in [2.75, 3.05) is 0 Å². The van der Waals surface area contributed by atoms with Crippen LogP contribution in [0.5, 0.6) is 0 Å². The van der Waals surface area contributed by atoms with E-state index in [1.165, 1.54) is 0 Å². The summed E-state index contributed by atoms with van der Waals surface area (Å²) in [5, 5.41) is 16.2. The zero-order valence-electron chi connectivity index (χ0n) is 16.1. The Kier molecular flexibility index (Phi) is 5.29. The van der Waals surface area contributed by atoms with Crippen LogP contribution in [0.1, 0.15) is 16.1 Å². The summed E-state index contributed by atoms with van der Waals surface area (Å²) < 4.78 is 1.76. The molecule has 0 aliphatic heterocycles. The molecule has 0 unspecified atom stereocenters. The predicted octanol–water partition coefficient (Wildman–Crippen LogP) is 1.30. The van der Waals surface area contributed by atoms with Crippen molar-refractivity contribution in [3.63, 3.8) is 0 Å². The predicted molar refractivity (Wildman–Crippen MR) is 107 cm³/mol. The number of hydrogen-bond acceptors (Lipinski definition) is 6. The molecule has 30 heavy (non-hydrogen) atoms. The second-order valence-electron chi connectivity index (χ2n) is 6.44. The zero-order valence-corrected chi connectivity index (χ0v) is 16.1. The number of benzene rings is 2. The summed E-state index contributed by atoms with van der Waals surface area (Å²) in [7, 11) is 0. The Balaban J connectivity index is 1.31. The summed E-state index contributed by atoms with van der Waals surface area (Å²) in [4.78, 5) is 25.5. The van der Waals surface area contributed by atoms with Gasteiger partial charge in [0, 0.05) is 23.0 Å². The fourth-order valence-electron chi connectivity index (χ4n) is 2.77. The van der Waals surface area contributed by atoms with Gasteiger partial charge in [0.1, 0.15) is 6.54 Å². The number of amides is 2. The quantitative estimate of drug-likeness (QED) is 0.486. The Morgan fingerprint density at radius 2 is 1.73 bits per heavy atom. The Labute approximate surface area is 171 Å². The van der Waals surface area contributed by atoms with E-state index in [-0.39, 0.29) is 6.54 Å². The highest BCUT2D eigenvalue weighted by atomic mass is 16.2. The molecule has 0 saturated heterocycles. The minimum absolute atomic E-state index is 0.183. The van der Waals surface area contributed by atoms with E-state index in [1.807, 2.05) is 43.3 Å². The first-order chi connectivity index (χ1) is 14.6. The van der Waals surface area contributed by atoms with Crippen LogP contribution in [0.15, 0.2) is 66.9 Å². The normalized spacial score (nSPS) is 10.6. The van der Waals surface area contributed by atoms with Crippen molar-refractivity contribution in [3.8, 4) is 17.1 Å². The summed E-state index contributed by atoms with van der Waals surface area (Å²) in [5.74, 6) is -0.507. The molecule has 0 bridgehead atoms. The summed E-state index contributed by atoms with van der Waals surface area (Å²) >= 11 is 0. The number of rotatable bonds is 5. The fourth-order valence-corrected chi connectivity index (χ4v) is 2.77. The molecule has 10 heteroatoms. The SMILES string of the molecule is Cc1ccnn1-c1ccc(C(=O)NNC(=O)Cn2nnc(-c3ccccc3)n2)cc1. The lowest BCUT2D eigenvalue weighted by Gasteiger charge is -2.08. The number of carbonyl (C=O) groups is 2. The largest absolute Gasteiger partial charge is 0.271 e. The summed E-state index contributed by atoms with van der Waals surface area (Å²) in [5.41, 5.74) is 7.73. The van der Waals surface area contributed by atoms with Gasteiger partial charge in [-0.05, 0) is 42.5 Å². The molecule has 0 aliphatic carbocycles. The van der Waals surface area contributed by atoms with Crippen LogP contribution in [0.4, 0.5) is 0 Å². The lowest BCUT2D eigenvalue weighted by molar-refractivity contribution is -0.122. The van der Waals surface area contributed by atoms with Crippen molar-refractivity contribution in [1.82, 2.24) is 40.8 Å². The third-order valence-electron chi connectivity index (χ3n) is 4.29. The van der Waals surface area contributed by atoms with Gasteiger partial charge in [-0.3, -0.25) is 20.4 Å². The summed E-state index contributed by atoms with van der Waals surface area (Å²) in [6.45, 7) is 1.76. The maximum atomic E-state index is 12.3. The van der Waals surface area contributed by atoms with E-state index >= 15 is 0 Å². The number of hydrogen-bond donors (Lipinski definition) is 2. The van der Waals surface area contributed by atoms with Gasteiger partial charge >= 0.3 is 0 Å². The number of aryl methyl sites for hydroxylation is 1. The summed E-state index contributed by atoms with van der Waals surface area (Å²) in [6.07, 6.45) is 1.71. The lowest BCUT2D eigenvalue weighted by atomic mass is 10.2. The van der Waals surface area contributed by atoms with Crippen molar-refractivity contribution in [2.45, 2.75) is 13.5 Å². The van der Waals surface area contributed by atoms with E-state index in [4.69, 9.17) is 0 Å². The van der Waals surface area contributed by atoms with Crippen molar-refractivity contribution >= 4 is 11.8 Å². The van der Waals surface area contributed by atoms with Crippen molar-refractivity contribution < 1.29 is 9.59 Å². The summed E-state index contributed by atoms with van der Waals surface area (Å²) in [6, 6.07) is 18.1. The molecule has 2 aromatic heterocycles. The van der Waals surface area contributed by atoms with E-state index in [0.29, 0.717) is 11.4 Å². The molecule has 150 valence electrons. The highest BCUT2D eigenvalue weighted by Gasteiger charge is 2.11. The van der Waals surface area contributed by atoms with Crippen LogP contribution in [-0.4, -0.2) is 41.8 Å². The molecular weight excluding hydrogens is 384 g/mol. The van der Waals surface area contributed by atoms with Gasteiger partial charge in [-0.1, -0.05) is 30.3 Å². The van der Waals surface area contributed by atoms with Crippen LogP contribution >= 0.6 is 0 Å². The number of nitrogens with one attached hydrogen (secondary N) is 2. The van der Waals surface area contributed by atoms with Crippen molar-refractivity contribution in [3.05, 3.63) is 78.1 Å². The molecule has 4 aromatic rings. The molecular formula is C20H18N8O2. The Morgan fingerprint density at radius 3 is 2.43 bits per heavy atom. The number of aromatic nitrogens is 6. The first-order valence-electron chi connectivity index (χ1n) is 9.13. The fraction of sp³-hybridized carbons (Fsp3) is 0.100. The number of carbonyl (C=O) groups excluding carboxylic acids is 2.